The van der Waals surface area contributed by atoms with Gasteiger partial charge in [-0.05, 0) is 43.5 Å². The molecule has 0 aliphatic carbocycles. The van der Waals surface area contributed by atoms with Crippen LogP contribution in [0.3, 0.4) is 0 Å². The molecule has 138 valence electrons. The average Bonchev–Trinajstić information content (AvgIpc) is 2.69. The number of hydrogen-bond acceptors (Lipinski definition) is 4. The number of rotatable bonds is 9. The molecule has 0 radical (unpaired) electrons. The van der Waals surface area contributed by atoms with Crippen LogP contribution in [-0.2, 0) is 0 Å². The lowest BCUT2D eigenvalue weighted by Gasteiger charge is -2.12. The molecular formula is C21H26N2O3. The molecule has 2 aromatic carbocycles. The molecule has 0 saturated carbocycles. The Hall–Kier alpha value is -2.82. The number of hydrazone groups is 1. The van der Waals surface area contributed by atoms with Crippen LogP contribution in [-0.4, -0.2) is 24.8 Å². The highest BCUT2D eigenvalue weighted by atomic mass is 16.5. The van der Waals surface area contributed by atoms with Crippen LogP contribution in [0, 0.1) is 5.92 Å². The summed E-state index contributed by atoms with van der Waals surface area (Å²) in [7, 11) is 0. The summed E-state index contributed by atoms with van der Waals surface area (Å²) >= 11 is 0. The first-order valence-corrected chi connectivity index (χ1v) is 8.86. The smallest absolute Gasteiger partial charge is 0.275 e. The molecule has 0 fully saturated rings. The molecule has 0 heterocycles. The topological polar surface area (TPSA) is 59.9 Å². The lowest BCUT2D eigenvalue weighted by atomic mass is 10.1. The van der Waals surface area contributed by atoms with Crippen LogP contribution in [0.4, 0.5) is 0 Å². The van der Waals surface area contributed by atoms with Crippen LogP contribution < -0.4 is 14.9 Å². The quantitative estimate of drug-likeness (QED) is 0.415. The maximum absolute atomic E-state index is 12.4. The van der Waals surface area contributed by atoms with Crippen molar-refractivity contribution in [3.8, 4) is 11.5 Å². The lowest BCUT2D eigenvalue weighted by Crippen LogP contribution is -2.22. The van der Waals surface area contributed by atoms with E-state index in [9.17, 15) is 4.79 Å². The third-order valence-electron chi connectivity index (χ3n) is 4.14. The number of carbonyl (C=O) groups excluding carboxylic acids is 1. The minimum absolute atomic E-state index is 0.285. The lowest BCUT2D eigenvalue weighted by molar-refractivity contribution is 0.0949. The normalized spacial score (nSPS) is 12.3. The fourth-order valence-electron chi connectivity index (χ4n) is 2.21. The molecule has 26 heavy (non-hydrogen) atoms. The van der Waals surface area contributed by atoms with Crippen LogP contribution in [0.2, 0.25) is 0 Å². The number of nitrogens with one attached hydrogen (secondary N) is 1. The summed E-state index contributed by atoms with van der Waals surface area (Å²) in [6.45, 7) is 6.82. The number of para-hydroxylation sites is 2. The molecule has 0 bridgehead atoms. The Kier molecular flexibility index (Phi) is 7.68. The Morgan fingerprint density at radius 1 is 1.04 bits per heavy atom. The Balaban J connectivity index is 1.91. The van der Waals surface area contributed by atoms with Gasteiger partial charge in [0.1, 0.15) is 24.7 Å². The van der Waals surface area contributed by atoms with Gasteiger partial charge in [-0.15, -0.1) is 0 Å². The van der Waals surface area contributed by atoms with Crippen molar-refractivity contribution in [1.29, 1.82) is 0 Å². The fraction of sp³-hybridized carbons (Fsp3) is 0.333. The molecule has 0 unspecified atom stereocenters. The number of ether oxygens (including phenoxy) is 2. The number of benzene rings is 2. The molecule has 0 spiro atoms. The summed E-state index contributed by atoms with van der Waals surface area (Å²) in [5.41, 5.74) is 3.96. The highest BCUT2D eigenvalue weighted by Crippen LogP contribution is 2.18. The van der Waals surface area contributed by atoms with Crippen molar-refractivity contribution in [2.45, 2.75) is 27.2 Å². The van der Waals surface area contributed by atoms with Gasteiger partial charge in [0.25, 0.3) is 5.91 Å². The van der Waals surface area contributed by atoms with E-state index >= 15 is 0 Å². The van der Waals surface area contributed by atoms with Crippen LogP contribution in [0.5, 0.6) is 11.5 Å². The van der Waals surface area contributed by atoms with Crippen molar-refractivity contribution >= 4 is 11.6 Å². The fourth-order valence-corrected chi connectivity index (χ4v) is 2.21. The van der Waals surface area contributed by atoms with Gasteiger partial charge in [0.2, 0.25) is 0 Å². The predicted molar refractivity (Wildman–Crippen MR) is 104 cm³/mol. The molecule has 0 aliphatic heterocycles. The predicted octanol–water partition coefficient (Wildman–Crippen LogP) is 4.30. The third-order valence-corrected chi connectivity index (χ3v) is 4.14. The first-order chi connectivity index (χ1) is 12.6. The molecule has 0 aliphatic rings. The Morgan fingerprint density at radius 2 is 1.69 bits per heavy atom. The molecule has 5 nitrogen and oxygen atoms in total. The molecule has 2 aromatic rings. The van der Waals surface area contributed by atoms with Crippen LogP contribution in [0.1, 0.15) is 37.6 Å². The zero-order chi connectivity index (χ0) is 18.8. The Labute approximate surface area is 155 Å². The largest absolute Gasteiger partial charge is 0.490 e. The van der Waals surface area contributed by atoms with E-state index in [1.807, 2.05) is 43.3 Å². The van der Waals surface area contributed by atoms with E-state index in [4.69, 9.17) is 9.47 Å². The second-order valence-electron chi connectivity index (χ2n) is 6.01. The van der Waals surface area contributed by atoms with Crippen LogP contribution in [0.15, 0.2) is 59.7 Å². The minimum atomic E-state index is -0.285. The van der Waals surface area contributed by atoms with Gasteiger partial charge in [-0.1, -0.05) is 44.2 Å². The SMILES string of the molecule is CC[C@H](C)/C(C)=N\NC(=O)c1ccccc1OCCOc1ccccc1. The summed E-state index contributed by atoms with van der Waals surface area (Å²) in [6.07, 6.45) is 0.978. The van der Waals surface area contributed by atoms with E-state index in [1.165, 1.54) is 0 Å². The van der Waals surface area contributed by atoms with Gasteiger partial charge in [-0.3, -0.25) is 4.79 Å². The van der Waals surface area contributed by atoms with Gasteiger partial charge < -0.3 is 9.47 Å². The molecule has 1 atom stereocenters. The van der Waals surface area contributed by atoms with E-state index in [0.29, 0.717) is 30.4 Å². The van der Waals surface area contributed by atoms with Crippen LogP contribution in [0.25, 0.3) is 0 Å². The van der Waals surface area contributed by atoms with Crippen molar-refractivity contribution < 1.29 is 14.3 Å². The second kappa shape index (κ2) is 10.2. The summed E-state index contributed by atoms with van der Waals surface area (Å²) in [5, 5.41) is 4.19. The number of hydrogen-bond donors (Lipinski definition) is 1. The zero-order valence-electron chi connectivity index (χ0n) is 15.6. The van der Waals surface area contributed by atoms with Crippen molar-refractivity contribution in [3.63, 3.8) is 0 Å². The Morgan fingerprint density at radius 3 is 2.42 bits per heavy atom. The van der Waals surface area contributed by atoms with Crippen molar-refractivity contribution in [2.24, 2.45) is 11.0 Å². The maximum atomic E-state index is 12.4. The molecule has 2 rings (SSSR count). The molecule has 0 aromatic heterocycles. The monoisotopic (exact) mass is 354 g/mol. The molecular weight excluding hydrogens is 328 g/mol. The second-order valence-corrected chi connectivity index (χ2v) is 6.01. The summed E-state index contributed by atoms with van der Waals surface area (Å²) in [6, 6.07) is 16.7. The standard InChI is InChI=1S/C21H26N2O3/c1-4-16(2)17(3)22-23-21(24)19-12-8-9-13-20(19)26-15-14-25-18-10-6-5-7-11-18/h5-13,16H,4,14-15H2,1-3H3,(H,23,24)/b22-17-/t16-/m0/s1. The van der Waals surface area contributed by atoms with E-state index in [-0.39, 0.29) is 5.91 Å². The molecule has 5 heteroatoms. The molecule has 0 saturated heterocycles. The highest BCUT2D eigenvalue weighted by molar-refractivity contribution is 5.97. The summed E-state index contributed by atoms with van der Waals surface area (Å²) in [4.78, 5) is 12.4. The maximum Gasteiger partial charge on any atom is 0.275 e. The molecule has 1 amide bonds. The van der Waals surface area contributed by atoms with Gasteiger partial charge in [-0.25, -0.2) is 5.43 Å². The minimum Gasteiger partial charge on any atom is -0.490 e. The van der Waals surface area contributed by atoms with Crippen molar-refractivity contribution in [3.05, 3.63) is 60.2 Å². The average molecular weight is 354 g/mol. The van der Waals surface area contributed by atoms with Crippen molar-refractivity contribution in [1.82, 2.24) is 5.43 Å². The third kappa shape index (κ3) is 5.92. The first-order valence-electron chi connectivity index (χ1n) is 8.86. The highest BCUT2D eigenvalue weighted by Gasteiger charge is 2.12. The number of nitrogens with zero attached hydrogens (tertiary/aromatic N) is 1. The van der Waals surface area contributed by atoms with Gasteiger partial charge in [0, 0.05) is 5.71 Å². The van der Waals surface area contributed by atoms with E-state index in [1.54, 1.807) is 18.2 Å². The van der Waals surface area contributed by atoms with Crippen molar-refractivity contribution in [2.75, 3.05) is 13.2 Å². The van der Waals surface area contributed by atoms with E-state index < -0.39 is 0 Å². The van der Waals surface area contributed by atoms with Gasteiger partial charge >= 0.3 is 0 Å². The van der Waals surface area contributed by atoms with E-state index in [0.717, 1.165) is 17.9 Å². The first kappa shape index (κ1) is 19.5. The summed E-state index contributed by atoms with van der Waals surface area (Å²) in [5.74, 6) is 1.35. The number of carbonyl (C=O) groups is 1. The van der Waals surface area contributed by atoms with Crippen LogP contribution >= 0.6 is 0 Å². The van der Waals surface area contributed by atoms with Gasteiger partial charge in [0.05, 0.1) is 5.56 Å². The summed E-state index contributed by atoms with van der Waals surface area (Å²) < 4.78 is 11.3. The van der Waals surface area contributed by atoms with Gasteiger partial charge in [-0.2, -0.15) is 5.10 Å². The van der Waals surface area contributed by atoms with E-state index in [2.05, 4.69) is 24.4 Å². The Bertz CT molecular complexity index is 729. The molecule has 1 N–H and O–H groups in total. The zero-order valence-corrected chi connectivity index (χ0v) is 15.6. The number of amides is 1. The van der Waals surface area contributed by atoms with Gasteiger partial charge in [0.15, 0.2) is 0 Å².